The van der Waals surface area contributed by atoms with Crippen molar-refractivity contribution in [3.63, 3.8) is 0 Å². The van der Waals surface area contributed by atoms with Crippen LogP contribution in [0.3, 0.4) is 0 Å². The lowest BCUT2D eigenvalue weighted by molar-refractivity contribution is -0.114. The molecule has 0 aliphatic heterocycles. The van der Waals surface area contributed by atoms with Crippen LogP contribution in [-0.2, 0) is 14.8 Å². The van der Waals surface area contributed by atoms with Gasteiger partial charge in [0.2, 0.25) is 5.91 Å². The zero-order chi connectivity index (χ0) is 28.0. The van der Waals surface area contributed by atoms with Gasteiger partial charge in [-0.05, 0) is 62.7 Å². The fourth-order valence-corrected chi connectivity index (χ4v) is 5.49. The molecule has 0 radical (unpaired) electrons. The van der Waals surface area contributed by atoms with Crippen molar-refractivity contribution in [1.82, 2.24) is 5.32 Å². The molecule has 2 N–H and O–H groups in total. The first-order valence-electron chi connectivity index (χ1n) is 12.6. The number of sulfonamides is 1. The predicted octanol–water partition coefficient (Wildman–Crippen LogP) is 5.63. The predicted molar refractivity (Wildman–Crippen MR) is 154 cm³/mol. The molecule has 0 aliphatic rings. The number of carbonyl (C=O) groups excluding carboxylic acids is 2. The number of hydrogen-bond donors (Lipinski definition) is 2. The van der Waals surface area contributed by atoms with Gasteiger partial charge in [0.15, 0.2) is 0 Å². The van der Waals surface area contributed by atoms with Gasteiger partial charge in [0.05, 0.1) is 27.9 Å². The van der Waals surface area contributed by atoms with Gasteiger partial charge in [-0.15, -0.1) is 0 Å². The zero-order valence-corrected chi connectivity index (χ0v) is 22.9. The largest absolute Gasteiger partial charge is 0.345 e. The first-order valence-corrected chi connectivity index (χ1v) is 14.0. The van der Waals surface area contributed by atoms with Crippen molar-refractivity contribution >= 4 is 33.2 Å². The van der Waals surface area contributed by atoms with Crippen molar-refractivity contribution in [3.05, 3.63) is 125 Å². The highest BCUT2D eigenvalue weighted by molar-refractivity contribution is 7.92. The minimum absolute atomic E-state index is 0.0798. The molecule has 4 aromatic carbocycles. The normalized spacial score (nSPS) is 11.9. The number of hydrogen-bond acceptors (Lipinski definition) is 4. The second-order valence-corrected chi connectivity index (χ2v) is 11.2. The summed E-state index contributed by atoms with van der Waals surface area (Å²) in [6.45, 7) is 5.17. The first kappa shape index (κ1) is 27.6. The molecule has 0 aliphatic carbocycles. The summed E-state index contributed by atoms with van der Waals surface area (Å²) in [5.41, 5.74) is 3.75. The third kappa shape index (κ3) is 6.72. The van der Waals surface area contributed by atoms with E-state index in [1.165, 1.54) is 12.1 Å². The van der Waals surface area contributed by atoms with Crippen LogP contribution in [0.4, 0.5) is 11.4 Å². The quantitative estimate of drug-likeness (QED) is 0.287. The van der Waals surface area contributed by atoms with Crippen LogP contribution in [0.2, 0.25) is 0 Å². The van der Waals surface area contributed by atoms with Crippen LogP contribution < -0.4 is 14.9 Å². The van der Waals surface area contributed by atoms with Crippen LogP contribution in [0.5, 0.6) is 0 Å². The Hall–Kier alpha value is -4.43. The van der Waals surface area contributed by atoms with Gasteiger partial charge in [-0.3, -0.25) is 13.9 Å². The maximum Gasteiger partial charge on any atom is 0.264 e. The molecule has 39 heavy (non-hydrogen) atoms. The summed E-state index contributed by atoms with van der Waals surface area (Å²) in [6.07, 6.45) is 0. The molecule has 1 atom stereocenters. The van der Waals surface area contributed by atoms with Gasteiger partial charge in [-0.25, -0.2) is 8.42 Å². The Kier molecular flexibility index (Phi) is 8.46. The molecule has 0 aromatic heterocycles. The van der Waals surface area contributed by atoms with Crippen molar-refractivity contribution < 1.29 is 18.0 Å². The van der Waals surface area contributed by atoms with E-state index in [2.05, 4.69) is 10.6 Å². The molecule has 0 heterocycles. The summed E-state index contributed by atoms with van der Waals surface area (Å²) < 4.78 is 28.3. The SMILES string of the molecule is Cc1ccc(N(CC(=O)Nc2ccccc2C(=O)N[C@@H](C)c2ccccc2)S(=O)(=O)c2ccc(C)cc2)cc1. The average molecular weight is 542 g/mol. The molecule has 4 aromatic rings. The molecule has 2 amide bonds. The number of amides is 2. The monoisotopic (exact) mass is 541 g/mol. The molecule has 0 unspecified atom stereocenters. The van der Waals surface area contributed by atoms with Crippen molar-refractivity contribution in [2.45, 2.75) is 31.7 Å². The molecule has 7 nitrogen and oxygen atoms in total. The Morgan fingerprint density at radius 1 is 0.769 bits per heavy atom. The molecular formula is C31H31N3O4S. The van der Waals surface area contributed by atoms with E-state index in [1.54, 1.807) is 60.7 Å². The molecule has 0 fully saturated rings. The molecule has 200 valence electrons. The summed E-state index contributed by atoms with van der Waals surface area (Å²) in [4.78, 5) is 26.5. The summed E-state index contributed by atoms with van der Waals surface area (Å²) in [6, 6.07) is 29.3. The van der Waals surface area contributed by atoms with Crippen molar-refractivity contribution in [2.75, 3.05) is 16.2 Å². The van der Waals surface area contributed by atoms with E-state index >= 15 is 0 Å². The number of carbonyl (C=O) groups is 2. The van der Waals surface area contributed by atoms with E-state index in [4.69, 9.17) is 0 Å². The Morgan fingerprint density at radius 3 is 1.97 bits per heavy atom. The van der Waals surface area contributed by atoms with Gasteiger partial charge >= 0.3 is 0 Å². The molecular weight excluding hydrogens is 510 g/mol. The summed E-state index contributed by atoms with van der Waals surface area (Å²) in [5, 5.41) is 5.69. The number of benzene rings is 4. The van der Waals surface area contributed by atoms with Crippen LogP contribution in [0.25, 0.3) is 0 Å². The Balaban J connectivity index is 1.57. The lowest BCUT2D eigenvalue weighted by atomic mass is 10.1. The lowest BCUT2D eigenvalue weighted by Gasteiger charge is -2.24. The van der Waals surface area contributed by atoms with E-state index in [-0.39, 0.29) is 28.1 Å². The van der Waals surface area contributed by atoms with Crippen molar-refractivity contribution in [3.8, 4) is 0 Å². The third-order valence-electron chi connectivity index (χ3n) is 6.31. The van der Waals surface area contributed by atoms with Crippen LogP contribution in [0.1, 0.15) is 40.0 Å². The number of nitrogens with one attached hydrogen (secondary N) is 2. The Labute approximate surface area is 229 Å². The molecule has 8 heteroatoms. The van der Waals surface area contributed by atoms with Gasteiger partial charge < -0.3 is 10.6 Å². The number of aryl methyl sites for hydroxylation is 2. The van der Waals surface area contributed by atoms with Gasteiger partial charge in [-0.1, -0.05) is 77.9 Å². The fourth-order valence-electron chi connectivity index (χ4n) is 4.07. The van der Waals surface area contributed by atoms with Gasteiger partial charge in [0.1, 0.15) is 6.54 Å². The van der Waals surface area contributed by atoms with Crippen molar-refractivity contribution in [1.29, 1.82) is 0 Å². The average Bonchev–Trinajstić information content (AvgIpc) is 2.93. The maximum absolute atomic E-state index is 13.6. The molecule has 4 rings (SSSR count). The fraction of sp³-hybridized carbons (Fsp3) is 0.161. The molecule has 0 bridgehead atoms. The highest BCUT2D eigenvalue weighted by Crippen LogP contribution is 2.25. The summed E-state index contributed by atoms with van der Waals surface area (Å²) in [5.74, 6) is -0.937. The minimum Gasteiger partial charge on any atom is -0.345 e. The standard InChI is InChI=1S/C31H31N3O4S/c1-22-13-17-26(18-14-22)34(39(37,38)27-19-15-23(2)16-20-27)21-30(35)33-29-12-8-7-11-28(29)31(36)32-24(3)25-9-5-4-6-10-25/h4-20,24H,21H2,1-3H3,(H,32,36)(H,33,35)/t24-/m0/s1. The van der Waals surface area contributed by atoms with Crippen molar-refractivity contribution in [2.24, 2.45) is 0 Å². The first-order chi connectivity index (χ1) is 18.6. The van der Waals surface area contributed by atoms with E-state index < -0.39 is 22.5 Å². The second-order valence-electron chi connectivity index (χ2n) is 9.36. The van der Waals surface area contributed by atoms with E-state index in [9.17, 15) is 18.0 Å². The van der Waals surface area contributed by atoms with Crippen LogP contribution in [0, 0.1) is 13.8 Å². The summed E-state index contributed by atoms with van der Waals surface area (Å²) >= 11 is 0. The molecule has 0 saturated heterocycles. The smallest absolute Gasteiger partial charge is 0.264 e. The van der Waals surface area contributed by atoms with E-state index in [0.717, 1.165) is 21.0 Å². The van der Waals surface area contributed by atoms with Crippen LogP contribution in [0.15, 0.2) is 108 Å². The second kappa shape index (κ2) is 12.0. The van der Waals surface area contributed by atoms with E-state index in [0.29, 0.717) is 5.69 Å². The number of nitrogens with zero attached hydrogens (tertiary/aromatic N) is 1. The third-order valence-corrected chi connectivity index (χ3v) is 8.10. The summed E-state index contributed by atoms with van der Waals surface area (Å²) in [7, 11) is -4.05. The maximum atomic E-state index is 13.6. The number of para-hydroxylation sites is 1. The Bertz CT molecular complexity index is 1550. The van der Waals surface area contributed by atoms with E-state index in [1.807, 2.05) is 51.1 Å². The Morgan fingerprint density at radius 2 is 1.33 bits per heavy atom. The minimum atomic E-state index is -4.05. The zero-order valence-electron chi connectivity index (χ0n) is 22.1. The highest BCUT2D eigenvalue weighted by Gasteiger charge is 2.28. The van der Waals surface area contributed by atoms with Crippen LogP contribution in [-0.4, -0.2) is 26.8 Å². The molecule has 0 spiro atoms. The van der Waals surface area contributed by atoms with Crippen LogP contribution >= 0.6 is 0 Å². The van der Waals surface area contributed by atoms with Gasteiger partial charge in [-0.2, -0.15) is 0 Å². The number of rotatable bonds is 9. The lowest BCUT2D eigenvalue weighted by Crippen LogP contribution is -2.38. The number of anilines is 2. The van der Waals surface area contributed by atoms with Gasteiger partial charge in [0, 0.05) is 0 Å². The topological polar surface area (TPSA) is 95.6 Å². The highest BCUT2D eigenvalue weighted by atomic mass is 32.2. The van der Waals surface area contributed by atoms with Gasteiger partial charge in [0.25, 0.3) is 15.9 Å². The molecule has 0 saturated carbocycles.